The van der Waals surface area contributed by atoms with E-state index >= 15 is 0 Å². The minimum Gasteiger partial charge on any atom is -0.309 e. The van der Waals surface area contributed by atoms with Gasteiger partial charge in [0.1, 0.15) is 0 Å². The summed E-state index contributed by atoms with van der Waals surface area (Å²) in [6.45, 7) is 7.09. The fourth-order valence-electron chi connectivity index (χ4n) is 3.56. The summed E-state index contributed by atoms with van der Waals surface area (Å²) in [6, 6.07) is 11.6. The van der Waals surface area contributed by atoms with Gasteiger partial charge in [0.05, 0.1) is 0 Å². The SMILES string of the molecule is CCC1CCCCC1NC(C)(C)CCc1ccccc1. The van der Waals surface area contributed by atoms with Gasteiger partial charge in [0.25, 0.3) is 0 Å². The van der Waals surface area contributed by atoms with Crippen LogP contribution in [-0.2, 0) is 6.42 Å². The number of benzene rings is 1. The quantitative estimate of drug-likeness (QED) is 0.772. The second-order valence-corrected chi connectivity index (χ2v) is 7.07. The van der Waals surface area contributed by atoms with Gasteiger partial charge >= 0.3 is 0 Å². The Morgan fingerprint density at radius 3 is 2.50 bits per heavy atom. The van der Waals surface area contributed by atoms with E-state index in [-0.39, 0.29) is 5.54 Å². The first-order valence-electron chi connectivity index (χ1n) is 8.42. The number of nitrogens with one attached hydrogen (secondary N) is 1. The zero-order chi connectivity index (χ0) is 14.4. The predicted molar refractivity (Wildman–Crippen MR) is 88.0 cm³/mol. The van der Waals surface area contributed by atoms with Crippen molar-refractivity contribution >= 4 is 0 Å². The van der Waals surface area contributed by atoms with E-state index in [2.05, 4.69) is 56.4 Å². The summed E-state index contributed by atoms with van der Waals surface area (Å²) in [7, 11) is 0. The van der Waals surface area contributed by atoms with Crippen molar-refractivity contribution in [3.05, 3.63) is 35.9 Å². The number of hydrogen-bond donors (Lipinski definition) is 1. The first kappa shape index (κ1) is 15.6. The average molecular weight is 273 g/mol. The van der Waals surface area contributed by atoms with Crippen LogP contribution in [0, 0.1) is 5.92 Å². The van der Waals surface area contributed by atoms with Crippen LogP contribution < -0.4 is 5.32 Å². The first-order valence-corrected chi connectivity index (χ1v) is 8.42. The molecule has 1 aromatic carbocycles. The molecule has 2 rings (SSSR count). The van der Waals surface area contributed by atoms with E-state index < -0.39 is 0 Å². The lowest BCUT2D eigenvalue weighted by Gasteiger charge is -2.38. The minimum atomic E-state index is 0.241. The van der Waals surface area contributed by atoms with Crippen LogP contribution in [0.3, 0.4) is 0 Å². The zero-order valence-corrected chi connectivity index (χ0v) is 13.5. The Bertz CT molecular complexity index is 382. The molecule has 0 bridgehead atoms. The smallest absolute Gasteiger partial charge is 0.0131 e. The summed E-state index contributed by atoms with van der Waals surface area (Å²) in [5, 5.41) is 3.97. The van der Waals surface area contributed by atoms with Gasteiger partial charge in [-0.25, -0.2) is 0 Å². The van der Waals surface area contributed by atoms with Crippen LogP contribution in [0.15, 0.2) is 30.3 Å². The van der Waals surface area contributed by atoms with Crippen molar-refractivity contribution in [1.29, 1.82) is 0 Å². The van der Waals surface area contributed by atoms with Crippen molar-refractivity contribution in [2.45, 2.75) is 77.3 Å². The Labute approximate surface area is 125 Å². The molecule has 1 aromatic rings. The largest absolute Gasteiger partial charge is 0.309 e. The molecule has 0 aliphatic heterocycles. The van der Waals surface area contributed by atoms with Gasteiger partial charge in [-0.1, -0.05) is 56.5 Å². The van der Waals surface area contributed by atoms with Crippen LogP contribution in [0.5, 0.6) is 0 Å². The van der Waals surface area contributed by atoms with Crippen LogP contribution >= 0.6 is 0 Å². The lowest BCUT2D eigenvalue weighted by molar-refractivity contribution is 0.199. The molecule has 112 valence electrons. The molecule has 1 aliphatic carbocycles. The van der Waals surface area contributed by atoms with Gasteiger partial charge in [0.2, 0.25) is 0 Å². The van der Waals surface area contributed by atoms with E-state index in [9.17, 15) is 0 Å². The lowest BCUT2D eigenvalue weighted by Crippen LogP contribution is -2.50. The molecule has 2 atom stereocenters. The molecule has 0 saturated heterocycles. The maximum Gasteiger partial charge on any atom is 0.0131 e. The van der Waals surface area contributed by atoms with Crippen LogP contribution in [0.4, 0.5) is 0 Å². The molecule has 1 heteroatoms. The Morgan fingerprint density at radius 1 is 1.10 bits per heavy atom. The number of hydrogen-bond acceptors (Lipinski definition) is 1. The molecule has 1 fully saturated rings. The summed E-state index contributed by atoms with van der Waals surface area (Å²) in [5.74, 6) is 0.889. The van der Waals surface area contributed by atoms with Gasteiger partial charge in [0, 0.05) is 11.6 Å². The predicted octanol–water partition coefficient (Wildman–Crippen LogP) is 4.96. The molecule has 0 aromatic heterocycles. The molecular formula is C19H31N. The highest BCUT2D eigenvalue weighted by atomic mass is 15.0. The second kappa shape index (κ2) is 7.26. The molecule has 1 saturated carbocycles. The van der Waals surface area contributed by atoms with Crippen molar-refractivity contribution in [2.75, 3.05) is 0 Å². The molecule has 1 aliphatic rings. The summed E-state index contributed by atoms with van der Waals surface area (Å²) < 4.78 is 0. The molecule has 0 spiro atoms. The Balaban J connectivity index is 1.86. The molecule has 20 heavy (non-hydrogen) atoms. The van der Waals surface area contributed by atoms with Crippen molar-refractivity contribution in [3.63, 3.8) is 0 Å². The van der Waals surface area contributed by atoms with Crippen molar-refractivity contribution in [2.24, 2.45) is 5.92 Å². The van der Waals surface area contributed by atoms with Crippen LogP contribution in [0.2, 0.25) is 0 Å². The van der Waals surface area contributed by atoms with Crippen molar-refractivity contribution in [1.82, 2.24) is 5.32 Å². The van der Waals surface area contributed by atoms with Gasteiger partial charge in [-0.05, 0) is 51.0 Å². The third-order valence-corrected chi connectivity index (χ3v) is 4.89. The second-order valence-electron chi connectivity index (χ2n) is 7.07. The Morgan fingerprint density at radius 2 is 1.80 bits per heavy atom. The van der Waals surface area contributed by atoms with E-state index in [1.54, 1.807) is 0 Å². The average Bonchev–Trinajstić information content (AvgIpc) is 2.47. The summed E-state index contributed by atoms with van der Waals surface area (Å²) in [4.78, 5) is 0. The molecule has 0 heterocycles. The van der Waals surface area contributed by atoms with E-state index in [0.29, 0.717) is 0 Å². The van der Waals surface area contributed by atoms with E-state index in [1.165, 1.54) is 50.5 Å². The van der Waals surface area contributed by atoms with Gasteiger partial charge in [0.15, 0.2) is 0 Å². The highest BCUT2D eigenvalue weighted by molar-refractivity contribution is 5.15. The highest BCUT2D eigenvalue weighted by Gasteiger charge is 2.28. The van der Waals surface area contributed by atoms with Crippen molar-refractivity contribution < 1.29 is 0 Å². The van der Waals surface area contributed by atoms with Crippen LogP contribution in [-0.4, -0.2) is 11.6 Å². The highest BCUT2D eigenvalue weighted by Crippen LogP contribution is 2.29. The third kappa shape index (κ3) is 4.63. The summed E-state index contributed by atoms with van der Waals surface area (Å²) >= 11 is 0. The first-order chi connectivity index (χ1) is 9.61. The van der Waals surface area contributed by atoms with Gasteiger partial charge in [-0.2, -0.15) is 0 Å². The maximum atomic E-state index is 3.97. The molecule has 0 amide bonds. The Hall–Kier alpha value is -0.820. The number of aryl methyl sites for hydroxylation is 1. The molecular weight excluding hydrogens is 242 g/mol. The van der Waals surface area contributed by atoms with E-state index in [0.717, 1.165) is 12.0 Å². The van der Waals surface area contributed by atoms with Gasteiger partial charge < -0.3 is 5.32 Å². The van der Waals surface area contributed by atoms with Crippen LogP contribution in [0.1, 0.15) is 64.9 Å². The maximum absolute atomic E-state index is 3.97. The van der Waals surface area contributed by atoms with Crippen LogP contribution in [0.25, 0.3) is 0 Å². The normalized spacial score (nSPS) is 23.8. The topological polar surface area (TPSA) is 12.0 Å². The summed E-state index contributed by atoms with van der Waals surface area (Å²) in [6.07, 6.45) is 9.33. The van der Waals surface area contributed by atoms with E-state index in [1.807, 2.05) is 0 Å². The fourth-order valence-corrected chi connectivity index (χ4v) is 3.56. The summed E-state index contributed by atoms with van der Waals surface area (Å²) in [5.41, 5.74) is 1.70. The number of rotatable bonds is 6. The monoisotopic (exact) mass is 273 g/mol. The molecule has 0 radical (unpaired) electrons. The fraction of sp³-hybridized carbons (Fsp3) is 0.684. The Kier molecular flexibility index (Phi) is 5.65. The van der Waals surface area contributed by atoms with Gasteiger partial charge in [-0.3, -0.25) is 0 Å². The third-order valence-electron chi connectivity index (χ3n) is 4.89. The molecule has 2 unspecified atom stereocenters. The van der Waals surface area contributed by atoms with E-state index in [4.69, 9.17) is 0 Å². The van der Waals surface area contributed by atoms with Crippen molar-refractivity contribution in [3.8, 4) is 0 Å². The van der Waals surface area contributed by atoms with Gasteiger partial charge in [-0.15, -0.1) is 0 Å². The lowest BCUT2D eigenvalue weighted by atomic mass is 9.81. The molecule has 1 nitrogen and oxygen atoms in total. The zero-order valence-electron chi connectivity index (χ0n) is 13.5. The standard InChI is InChI=1S/C19H31N/c1-4-17-12-8-9-13-18(17)20-19(2,3)15-14-16-10-6-5-7-11-16/h5-7,10-11,17-18,20H,4,8-9,12-15H2,1-3H3. The molecule has 1 N–H and O–H groups in total. The minimum absolute atomic E-state index is 0.241.